The van der Waals surface area contributed by atoms with Crippen LogP contribution in [-0.4, -0.2) is 32.2 Å². The van der Waals surface area contributed by atoms with Gasteiger partial charge in [-0.25, -0.2) is 0 Å². The molecule has 0 atom stereocenters. The molecule has 0 bridgehead atoms. The molecule has 3 rings (SSSR count). The second-order valence-corrected chi connectivity index (χ2v) is 6.59. The highest BCUT2D eigenvalue weighted by molar-refractivity contribution is 6.30. The minimum atomic E-state index is -0.0605. The van der Waals surface area contributed by atoms with Crippen molar-refractivity contribution in [3.05, 3.63) is 52.3 Å². The van der Waals surface area contributed by atoms with Gasteiger partial charge in [0, 0.05) is 24.5 Å². The Hall–Kier alpha value is -1.85. The zero-order valence-electron chi connectivity index (χ0n) is 13.6. The third-order valence-electron chi connectivity index (χ3n) is 4.35. The second kappa shape index (κ2) is 7.81. The van der Waals surface area contributed by atoms with Crippen LogP contribution in [0, 0.1) is 0 Å². The van der Waals surface area contributed by atoms with E-state index < -0.39 is 0 Å². The number of fused-ring (bicyclic) bond motifs is 1. The molecule has 5 nitrogen and oxygen atoms in total. The third kappa shape index (κ3) is 4.16. The summed E-state index contributed by atoms with van der Waals surface area (Å²) in [7, 11) is 0. The first-order chi connectivity index (χ1) is 11.7. The minimum Gasteiger partial charge on any atom is -0.390 e. The Labute approximate surface area is 146 Å². The topological polar surface area (TPSA) is 58.4 Å². The first-order valence-electron chi connectivity index (χ1n) is 8.34. The van der Waals surface area contributed by atoms with Gasteiger partial charge >= 0.3 is 0 Å². The van der Waals surface area contributed by atoms with Crippen molar-refractivity contribution in [3.63, 3.8) is 0 Å². The SMILES string of the molecule is O=C(CCCc1ccc(Cl)cc1)N1CCCn2nc(CO)cc2C1. The fourth-order valence-corrected chi connectivity index (χ4v) is 3.19. The van der Waals surface area contributed by atoms with Crippen molar-refractivity contribution in [1.82, 2.24) is 14.7 Å². The van der Waals surface area contributed by atoms with Gasteiger partial charge in [-0.05, 0) is 43.0 Å². The maximum absolute atomic E-state index is 12.5. The quantitative estimate of drug-likeness (QED) is 0.904. The predicted octanol–water partition coefficient (Wildman–Crippen LogP) is 2.78. The molecule has 1 aromatic carbocycles. The number of aliphatic hydroxyl groups excluding tert-OH is 1. The molecule has 0 unspecified atom stereocenters. The lowest BCUT2D eigenvalue weighted by molar-refractivity contribution is -0.131. The van der Waals surface area contributed by atoms with E-state index in [4.69, 9.17) is 11.6 Å². The number of nitrogens with zero attached hydrogens (tertiary/aromatic N) is 3. The normalized spacial score (nSPS) is 14.3. The van der Waals surface area contributed by atoms with Crippen LogP contribution in [0.1, 0.15) is 36.2 Å². The largest absolute Gasteiger partial charge is 0.390 e. The molecule has 0 saturated heterocycles. The number of aryl methyl sites for hydroxylation is 2. The molecule has 0 fully saturated rings. The number of halogens is 1. The molecule has 0 saturated carbocycles. The Kier molecular flexibility index (Phi) is 5.53. The summed E-state index contributed by atoms with van der Waals surface area (Å²) in [6.07, 6.45) is 3.15. The van der Waals surface area contributed by atoms with Gasteiger partial charge in [-0.1, -0.05) is 23.7 Å². The summed E-state index contributed by atoms with van der Waals surface area (Å²) in [5.41, 5.74) is 2.87. The Bertz CT molecular complexity index is 697. The van der Waals surface area contributed by atoms with Gasteiger partial charge in [-0.15, -0.1) is 0 Å². The molecule has 1 aliphatic rings. The van der Waals surface area contributed by atoms with Crippen LogP contribution in [0.5, 0.6) is 0 Å². The molecule has 24 heavy (non-hydrogen) atoms. The van der Waals surface area contributed by atoms with Gasteiger partial charge in [0.05, 0.1) is 24.5 Å². The van der Waals surface area contributed by atoms with Crippen molar-refractivity contribution in [1.29, 1.82) is 0 Å². The highest BCUT2D eigenvalue weighted by Gasteiger charge is 2.20. The smallest absolute Gasteiger partial charge is 0.222 e. The lowest BCUT2D eigenvalue weighted by Crippen LogP contribution is -2.30. The van der Waals surface area contributed by atoms with E-state index in [9.17, 15) is 9.90 Å². The summed E-state index contributed by atoms with van der Waals surface area (Å²) in [6, 6.07) is 9.67. The number of rotatable bonds is 5. The number of hydrogen-bond donors (Lipinski definition) is 1. The molecule has 1 amide bonds. The maximum atomic E-state index is 12.5. The number of carbonyl (C=O) groups excluding carboxylic acids is 1. The van der Waals surface area contributed by atoms with E-state index in [0.29, 0.717) is 18.7 Å². The molecule has 2 aromatic rings. The number of benzene rings is 1. The number of aliphatic hydroxyl groups is 1. The lowest BCUT2D eigenvalue weighted by Gasteiger charge is -2.20. The number of amides is 1. The standard InChI is InChI=1S/C18H22ClN3O2/c19-15-7-5-14(6-8-15)3-1-4-18(24)21-9-2-10-22-17(12-21)11-16(13-23)20-22/h5-8,11,23H,1-4,9-10,12-13H2. The van der Waals surface area contributed by atoms with Crippen molar-refractivity contribution >= 4 is 17.5 Å². The van der Waals surface area contributed by atoms with Crippen LogP contribution < -0.4 is 0 Å². The highest BCUT2D eigenvalue weighted by Crippen LogP contribution is 2.16. The first kappa shape index (κ1) is 17.0. The fourth-order valence-electron chi connectivity index (χ4n) is 3.06. The predicted molar refractivity (Wildman–Crippen MR) is 92.6 cm³/mol. The Morgan fingerprint density at radius 2 is 2.04 bits per heavy atom. The van der Waals surface area contributed by atoms with Crippen molar-refractivity contribution in [2.24, 2.45) is 0 Å². The fraction of sp³-hybridized carbons (Fsp3) is 0.444. The van der Waals surface area contributed by atoms with Crippen LogP contribution in [0.2, 0.25) is 5.02 Å². The molecule has 1 aromatic heterocycles. The molecule has 6 heteroatoms. The van der Waals surface area contributed by atoms with E-state index in [1.807, 2.05) is 39.9 Å². The van der Waals surface area contributed by atoms with Crippen LogP contribution >= 0.6 is 11.6 Å². The first-order valence-corrected chi connectivity index (χ1v) is 8.72. The molecule has 0 spiro atoms. The summed E-state index contributed by atoms with van der Waals surface area (Å²) < 4.78 is 1.91. The molecule has 1 aliphatic heterocycles. The maximum Gasteiger partial charge on any atom is 0.222 e. The Morgan fingerprint density at radius 3 is 2.79 bits per heavy atom. The van der Waals surface area contributed by atoms with E-state index in [1.165, 1.54) is 5.56 Å². The average Bonchev–Trinajstić information content (AvgIpc) is 2.87. The number of aromatic nitrogens is 2. The summed E-state index contributed by atoms with van der Waals surface area (Å²) >= 11 is 5.88. The molecule has 1 N–H and O–H groups in total. The van der Waals surface area contributed by atoms with E-state index in [0.717, 1.165) is 43.1 Å². The molecular weight excluding hydrogens is 326 g/mol. The van der Waals surface area contributed by atoms with Crippen LogP contribution in [0.25, 0.3) is 0 Å². The van der Waals surface area contributed by atoms with Gasteiger partial charge in [0.2, 0.25) is 5.91 Å². The van der Waals surface area contributed by atoms with Crippen molar-refractivity contribution in [2.75, 3.05) is 6.54 Å². The highest BCUT2D eigenvalue weighted by atomic mass is 35.5. The summed E-state index contributed by atoms with van der Waals surface area (Å²) in [4.78, 5) is 14.4. The second-order valence-electron chi connectivity index (χ2n) is 6.16. The zero-order chi connectivity index (χ0) is 16.9. The van der Waals surface area contributed by atoms with Gasteiger partial charge in [0.25, 0.3) is 0 Å². The van der Waals surface area contributed by atoms with Gasteiger partial charge < -0.3 is 10.0 Å². The number of carbonyl (C=O) groups is 1. The van der Waals surface area contributed by atoms with Crippen LogP contribution in [0.3, 0.4) is 0 Å². The summed E-state index contributed by atoms with van der Waals surface area (Å²) in [5.74, 6) is 0.184. The average molecular weight is 348 g/mol. The van der Waals surface area contributed by atoms with E-state index in [2.05, 4.69) is 5.10 Å². The molecule has 128 valence electrons. The van der Waals surface area contributed by atoms with Gasteiger partial charge in [-0.3, -0.25) is 9.48 Å². The van der Waals surface area contributed by atoms with Crippen LogP contribution in [0.4, 0.5) is 0 Å². The van der Waals surface area contributed by atoms with E-state index in [-0.39, 0.29) is 12.5 Å². The van der Waals surface area contributed by atoms with Crippen molar-refractivity contribution in [3.8, 4) is 0 Å². The van der Waals surface area contributed by atoms with Gasteiger partial charge in [0.1, 0.15) is 0 Å². The van der Waals surface area contributed by atoms with Gasteiger partial charge in [0.15, 0.2) is 0 Å². The Balaban J connectivity index is 1.53. The summed E-state index contributed by atoms with van der Waals surface area (Å²) in [6.45, 7) is 2.07. The van der Waals surface area contributed by atoms with E-state index >= 15 is 0 Å². The zero-order valence-corrected chi connectivity index (χ0v) is 14.4. The van der Waals surface area contributed by atoms with Crippen LogP contribution in [-0.2, 0) is 30.9 Å². The molecular formula is C18H22ClN3O2. The minimum absolute atomic E-state index is 0.0605. The molecule has 2 heterocycles. The lowest BCUT2D eigenvalue weighted by atomic mass is 10.1. The van der Waals surface area contributed by atoms with E-state index in [1.54, 1.807) is 0 Å². The van der Waals surface area contributed by atoms with Crippen molar-refractivity contribution in [2.45, 2.75) is 45.4 Å². The summed E-state index contributed by atoms with van der Waals surface area (Å²) in [5, 5.41) is 14.3. The van der Waals surface area contributed by atoms with Crippen LogP contribution in [0.15, 0.2) is 30.3 Å². The number of hydrogen-bond acceptors (Lipinski definition) is 3. The monoisotopic (exact) mass is 347 g/mol. The molecule has 0 aliphatic carbocycles. The van der Waals surface area contributed by atoms with Crippen molar-refractivity contribution < 1.29 is 9.90 Å². The van der Waals surface area contributed by atoms with Gasteiger partial charge in [-0.2, -0.15) is 5.10 Å². The Morgan fingerprint density at radius 1 is 1.25 bits per heavy atom. The third-order valence-corrected chi connectivity index (χ3v) is 4.60. The molecule has 0 radical (unpaired) electrons.